The summed E-state index contributed by atoms with van der Waals surface area (Å²) in [6.07, 6.45) is 2.50. The number of anilines is 1. The summed E-state index contributed by atoms with van der Waals surface area (Å²) in [7, 11) is 0. The van der Waals surface area contributed by atoms with Crippen molar-refractivity contribution in [1.82, 2.24) is 10.3 Å². The molecule has 2 aromatic rings. The summed E-state index contributed by atoms with van der Waals surface area (Å²) in [5, 5.41) is 5.56. The number of carbonyl (C=O) groups is 2. The molecule has 1 aromatic heterocycles. The Balaban J connectivity index is 1.75. The van der Waals surface area contributed by atoms with Crippen LogP contribution in [0.5, 0.6) is 5.75 Å². The highest BCUT2D eigenvalue weighted by atomic mass is 16.5. The Morgan fingerprint density at radius 1 is 1.20 bits per heavy atom. The maximum atomic E-state index is 12.2. The number of pyridine rings is 1. The average Bonchev–Trinajstić information content (AvgIpc) is 2.59. The Bertz CT molecular complexity index is 731. The van der Waals surface area contributed by atoms with Gasteiger partial charge in [0.05, 0.1) is 12.2 Å². The molecule has 2 N–H and O–H groups in total. The van der Waals surface area contributed by atoms with E-state index in [2.05, 4.69) is 15.6 Å². The first-order chi connectivity index (χ1) is 12.1. The summed E-state index contributed by atoms with van der Waals surface area (Å²) in [5.74, 6) is 0.775. The van der Waals surface area contributed by atoms with Gasteiger partial charge in [-0.3, -0.25) is 9.59 Å². The first-order valence-electron chi connectivity index (χ1n) is 8.32. The van der Waals surface area contributed by atoms with E-state index in [0.29, 0.717) is 43.1 Å². The van der Waals surface area contributed by atoms with Crippen LogP contribution in [-0.4, -0.2) is 29.9 Å². The quantitative estimate of drug-likeness (QED) is 0.724. The van der Waals surface area contributed by atoms with Crippen LogP contribution in [0.1, 0.15) is 35.7 Å². The van der Waals surface area contributed by atoms with E-state index in [0.717, 1.165) is 5.56 Å². The maximum absolute atomic E-state index is 12.2. The molecule has 0 atom stereocenters. The predicted molar refractivity (Wildman–Crippen MR) is 96.8 cm³/mol. The number of hydrogen-bond donors (Lipinski definition) is 2. The van der Waals surface area contributed by atoms with Crippen LogP contribution in [0.25, 0.3) is 0 Å². The summed E-state index contributed by atoms with van der Waals surface area (Å²) in [6.45, 7) is 4.72. The lowest BCUT2D eigenvalue weighted by atomic mass is 10.2. The van der Waals surface area contributed by atoms with Crippen LogP contribution in [0.15, 0.2) is 42.6 Å². The number of rotatable bonds is 8. The topological polar surface area (TPSA) is 80.3 Å². The van der Waals surface area contributed by atoms with E-state index < -0.39 is 0 Å². The smallest absolute Gasteiger partial charge is 0.255 e. The minimum atomic E-state index is -0.204. The van der Waals surface area contributed by atoms with Gasteiger partial charge in [-0.25, -0.2) is 4.98 Å². The third-order valence-corrected chi connectivity index (χ3v) is 3.48. The number of para-hydroxylation sites is 1. The zero-order valence-corrected chi connectivity index (χ0v) is 14.5. The molecule has 6 nitrogen and oxygen atoms in total. The van der Waals surface area contributed by atoms with Crippen molar-refractivity contribution in [2.75, 3.05) is 18.5 Å². The number of benzene rings is 1. The van der Waals surface area contributed by atoms with E-state index in [-0.39, 0.29) is 11.8 Å². The van der Waals surface area contributed by atoms with Crippen molar-refractivity contribution in [2.24, 2.45) is 0 Å². The minimum absolute atomic E-state index is 0.123. The second-order valence-corrected chi connectivity index (χ2v) is 5.56. The molecule has 0 aliphatic rings. The van der Waals surface area contributed by atoms with Crippen molar-refractivity contribution in [1.29, 1.82) is 0 Å². The van der Waals surface area contributed by atoms with Crippen LogP contribution < -0.4 is 15.4 Å². The predicted octanol–water partition coefficient (Wildman–Crippen LogP) is 2.94. The molecule has 0 aliphatic heterocycles. The lowest BCUT2D eigenvalue weighted by Crippen LogP contribution is -2.26. The van der Waals surface area contributed by atoms with Crippen LogP contribution in [0.4, 0.5) is 5.82 Å². The van der Waals surface area contributed by atoms with Gasteiger partial charge in [-0.05, 0) is 50.1 Å². The van der Waals surface area contributed by atoms with Crippen molar-refractivity contribution in [3.05, 3.63) is 53.7 Å². The molecule has 0 unspecified atom stereocenters. The van der Waals surface area contributed by atoms with E-state index in [1.807, 2.05) is 32.0 Å². The maximum Gasteiger partial charge on any atom is 0.255 e. The largest absolute Gasteiger partial charge is 0.493 e. The summed E-state index contributed by atoms with van der Waals surface area (Å²) in [6, 6.07) is 10.8. The van der Waals surface area contributed by atoms with Crippen LogP contribution >= 0.6 is 0 Å². The van der Waals surface area contributed by atoms with Gasteiger partial charge >= 0.3 is 0 Å². The Hall–Kier alpha value is -2.89. The molecule has 2 amide bonds. The van der Waals surface area contributed by atoms with Gasteiger partial charge < -0.3 is 15.4 Å². The fourth-order valence-electron chi connectivity index (χ4n) is 2.29. The summed E-state index contributed by atoms with van der Waals surface area (Å²) >= 11 is 0. The number of nitrogens with one attached hydrogen (secondary N) is 2. The SMILES string of the molecule is CCOc1ccccc1C(=O)NCCCC(=O)Nc1cc(C)ccn1. The summed E-state index contributed by atoms with van der Waals surface area (Å²) in [4.78, 5) is 28.2. The van der Waals surface area contributed by atoms with E-state index >= 15 is 0 Å². The van der Waals surface area contributed by atoms with Crippen LogP contribution in [-0.2, 0) is 4.79 Å². The summed E-state index contributed by atoms with van der Waals surface area (Å²) in [5.41, 5.74) is 1.53. The molecular formula is C19H23N3O3. The Kier molecular flexibility index (Phi) is 6.95. The number of nitrogens with zero attached hydrogens (tertiary/aromatic N) is 1. The third kappa shape index (κ3) is 5.91. The van der Waals surface area contributed by atoms with Gasteiger partial charge in [-0.2, -0.15) is 0 Å². The van der Waals surface area contributed by atoms with E-state index in [1.54, 1.807) is 24.4 Å². The van der Waals surface area contributed by atoms with Gasteiger partial charge in [0.2, 0.25) is 5.91 Å². The zero-order chi connectivity index (χ0) is 18.1. The molecule has 0 radical (unpaired) electrons. The highest BCUT2D eigenvalue weighted by Crippen LogP contribution is 2.17. The Morgan fingerprint density at radius 3 is 2.76 bits per heavy atom. The monoisotopic (exact) mass is 341 g/mol. The minimum Gasteiger partial charge on any atom is -0.493 e. The van der Waals surface area contributed by atoms with Crippen LogP contribution in [0, 0.1) is 6.92 Å². The molecule has 132 valence electrons. The second kappa shape index (κ2) is 9.42. The molecular weight excluding hydrogens is 318 g/mol. The standard InChI is InChI=1S/C19H23N3O3/c1-3-25-16-8-5-4-7-15(16)19(24)21-11-6-9-18(23)22-17-13-14(2)10-12-20-17/h4-5,7-8,10,12-13H,3,6,9,11H2,1-2H3,(H,21,24)(H,20,22,23). The zero-order valence-electron chi connectivity index (χ0n) is 14.5. The first-order valence-corrected chi connectivity index (χ1v) is 8.32. The van der Waals surface area contributed by atoms with Gasteiger partial charge in [-0.1, -0.05) is 12.1 Å². The number of aromatic nitrogens is 1. The van der Waals surface area contributed by atoms with E-state index in [9.17, 15) is 9.59 Å². The van der Waals surface area contributed by atoms with Crippen molar-refractivity contribution in [2.45, 2.75) is 26.7 Å². The highest BCUT2D eigenvalue weighted by Gasteiger charge is 2.11. The fraction of sp³-hybridized carbons (Fsp3) is 0.316. The number of aryl methyl sites for hydroxylation is 1. The second-order valence-electron chi connectivity index (χ2n) is 5.56. The van der Waals surface area contributed by atoms with Gasteiger partial charge in [-0.15, -0.1) is 0 Å². The highest BCUT2D eigenvalue weighted by molar-refractivity contribution is 5.97. The number of ether oxygens (including phenoxy) is 1. The lowest BCUT2D eigenvalue weighted by molar-refractivity contribution is -0.116. The van der Waals surface area contributed by atoms with Gasteiger partial charge in [0.1, 0.15) is 11.6 Å². The number of carbonyl (C=O) groups excluding carboxylic acids is 2. The molecule has 1 aromatic carbocycles. The van der Waals surface area contributed by atoms with Crippen molar-refractivity contribution in [3.8, 4) is 5.75 Å². The average molecular weight is 341 g/mol. The molecule has 0 fully saturated rings. The summed E-state index contributed by atoms with van der Waals surface area (Å²) < 4.78 is 5.45. The van der Waals surface area contributed by atoms with Gasteiger partial charge in [0.15, 0.2) is 0 Å². The molecule has 0 spiro atoms. The van der Waals surface area contributed by atoms with Gasteiger partial charge in [0, 0.05) is 19.2 Å². The molecule has 0 saturated carbocycles. The van der Waals surface area contributed by atoms with Crippen molar-refractivity contribution < 1.29 is 14.3 Å². The lowest BCUT2D eigenvalue weighted by Gasteiger charge is -2.10. The van der Waals surface area contributed by atoms with E-state index in [4.69, 9.17) is 4.74 Å². The molecule has 0 saturated heterocycles. The van der Waals surface area contributed by atoms with Crippen molar-refractivity contribution in [3.63, 3.8) is 0 Å². The molecule has 6 heteroatoms. The number of hydrogen-bond acceptors (Lipinski definition) is 4. The molecule has 2 rings (SSSR count). The van der Waals surface area contributed by atoms with Crippen LogP contribution in [0.3, 0.4) is 0 Å². The Labute approximate surface area is 147 Å². The Morgan fingerprint density at radius 2 is 2.00 bits per heavy atom. The van der Waals surface area contributed by atoms with E-state index in [1.165, 1.54) is 0 Å². The first kappa shape index (κ1) is 18.4. The molecule has 25 heavy (non-hydrogen) atoms. The van der Waals surface area contributed by atoms with Crippen molar-refractivity contribution >= 4 is 17.6 Å². The molecule has 0 bridgehead atoms. The normalized spacial score (nSPS) is 10.2. The van der Waals surface area contributed by atoms with Gasteiger partial charge in [0.25, 0.3) is 5.91 Å². The fourth-order valence-corrected chi connectivity index (χ4v) is 2.29. The molecule has 1 heterocycles. The number of amides is 2. The molecule has 0 aliphatic carbocycles. The third-order valence-electron chi connectivity index (χ3n) is 3.48. The van der Waals surface area contributed by atoms with Crippen LogP contribution in [0.2, 0.25) is 0 Å².